The zero-order valence-corrected chi connectivity index (χ0v) is 12.9. The van der Waals surface area contributed by atoms with E-state index in [4.69, 9.17) is 10.5 Å². The molecule has 3 heterocycles. The van der Waals surface area contributed by atoms with E-state index in [-0.39, 0.29) is 5.41 Å². The Morgan fingerprint density at radius 2 is 2.23 bits per heavy atom. The smallest absolute Gasteiger partial charge is 0.183 e. The summed E-state index contributed by atoms with van der Waals surface area (Å²) in [6, 6.07) is 6.10. The normalized spacial score (nSPS) is 16.9. The first kappa shape index (κ1) is 14.8. The van der Waals surface area contributed by atoms with Crippen LogP contribution in [0.1, 0.15) is 12.8 Å². The predicted molar refractivity (Wildman–Crippen MR) is 86.3 cm³/mol. The largest absolute Gasteiger partial charge is 0.384 e. The van der Waals surface area contributed by atoms with E-state index in [2.05, 4.69) is 21.4 Å². The molecule has 22 heavy (non-hydrogen) atoms. The average molecular weight is 315 g/mol. The number of nitrogens with one attached hydrogen (secondary N) is 1. The lowest BCUT2D eigenvalue weighted by Crippen LogP contribution is -2.34. The molecule has 0 amide bonds. The fourth-order valence-electron chi connectivity index (χ4n) is 2.38. The van der Waals surface area contributed by atoms with Crippen molar-refractivity contribution < 1.29 is 4.74 Å². The highest BCUT2D eigenvalue weighted by molar-refractivity contribution is 7.14. The molecule has 0 atom stereocenters. The van der Waals surface area contributed by atoms with Gasteiger partial charge in [-0.25, -0.2) is 9.97 Å². The summed E-state index contributed by atoms with van der Waals surface area (Å²) in [5.41, 5.74) is 7.02. The summed E-state index contributed by atoms with van der Waals surface area (Å²) in [7, 11) is 0. The lowest BCUT2D eigenvalue weighted by molar-refractivity contribution is 0.0456. The fourth-order valence-corrected chi connectivity index (χ4v) is 3.10. The molecule has 2 aromatic rings. The van der Waals surface area contributed by atoms with Gasteiger partial charge in [0.15, 0.2) is 5.13 Å². The number of hydrogen-bond donors (Lipinski definition) is 2. The van der Waals surface area contributed by atoms with E-state index in [1.807, 2.05) is 11.4 Å². The zero-order chi connectivity index (χ0) is 15.4. The van der Waals surface area contributed by atoms with E-state index in [0.717, 1.165) is 29.2 Å². The Morgan fingerprint density at radius 3 is 2.91 bits per heavy atom. The van der Waals surface area contributed by atoms with Crippen molar-refractivity contribution in [3.8, 4) is 17.3 Å². The fraction of sp³-hybridized carbons (Fsp3) is 0.400. The number of nitriles is 1. The van der Waals surface area contributed by atoms with Crippen LogP contribution in [0.25, 0.3) is 11.3 Å². The molecule has 1 saturated heterocycles. The highest BCUT2D eigenvalue weighted by atomic mass is 32.1. The lowest BCUT2D eigenvalue weighted by atomic mass is 9.82. The number of anilines is 2. The summed E-state index contributed by atoms with van der Waals surface area (Å²) in [6.45, 7) is 1.89. The van der Waals surface area contributed by atoms with Crippen molar-refractivity contribution in [1.29, 1.82) is 5.26 Å². The molecule has 1 fully saturated rings. The molecule has 1 aliphatic heterocycles. The summed E-state index contributed by atoms with van der Waals surface area (Å²) >= 11 is 1.52. The van der Waals surface area contributed by atoms with Gasteiger partial charge in [0.25, 0.3) is 0 Å². The van der Waals surface area contributed by atoms with Crippen molar-refractivity contribution in [3.63, 3.8) is 0 Å². The number of thiazole rings is 1. The van der Waals surface area contributed by atoms with Crippen LogP contribution in [0.2, 0.25) is 0 Å². The first-order chi connectivity index (χ1) is 10.7. The number of pyridine rings is 1. The van der Waals surface area contributed by atoms with Gasteiger partial charge < -0.3 is 15.8 Å². The second kappa shape index (κ2) is 6.30. The van der Waals surface area contributed by atoms with Crippen LogP contribution >= 0.6 is 11.3 Å². The molecule has 0 aromatic carbocycles. The molecule has 7 heteroatoms. The van der Waals surface area contributed by atoms with Gasteiger partial charge in [-0.15, -0.1) is 11.3 Å². The van der Waals surface area contributed by atoms with Crippen LogP contribution in [0.5, 0.6) is 0 Å². The molecule has 1 aliphatic rings. The van der Waals surface area contributed by atoms with Crippen molar-refractivity contribution in [2.45, 2.75) is 12.8 Å². The Labute approximate surface area is 133 Å². The SMILES string of the molecule is N#CC1(CNc2nc(-c3ccc(N)nc3)cs2)CCOCC1. The van der Waals surface area contributed by atoms with E-state index in [0.29, 0.717) is 25.6 Å². The molecule has 0 bridgehead atoms. The summed E-state index contributed by atoms with van der Waals surface area (Å²) in [6.07, 6.45) is 3.23. The van der Waals surface area contributed by atoms with E-state index in [1.54, 1.807) is 12.3 Å². The maximum Gasteiger partial charge on any atom is 0.183 e. The van der Waals surface area contributed by atoms with E-state index in [1.165, 1.54) is 11.3 Å². The molecule has 114 valence electrons. The Bertz CT molecular complexity index is 670. The molecule has 0 spiro atoms. The number of nitrogens with zero attached hydrogens (tertiary/aromatic N) is 3. The van der Waals surface area contributed by atoms with Gasteiger partial charge >= 0.3 is 0 Å². The van der Waals surface area contributed by atoms with E-state index < -0.39 is 0 Å². The average Bonchev–Trinajstić information content (AvgIpc) is 3.04. The van der Waals surface area contributed by atoms with Gasteiger partial charge in [0.05, 0.1) is 17.2 Å². The minimum absolute atomic E-state index is 0.354. The van der Waals surface area contributed by atoms with Gasteiger partial charge in [-0.3, -0.25) is 0 Å². The van der Waals surface area contributed by atoms with Crippen LogP contribution in [-0.4, -0.2) is 29.7 Å². The topological polar surface area (TPSA) is 96.9 Å². The van der Waals surface area contributed by atoms with Crippen LogP contribution in [-0.2, 0) is 4.74 Å². The van der Waals surface area contributed by atoms with Crippen LogP contribution in [0.4, 0.5) is 10.9 Å². The first-order valence-corrected chi connectivity index (χ1v) is 7.99. The Hall–Kier alpha value is -2.17. The number of ether oxygens (including phenoxy) is 1. The van der Waals surface area contributed by atoms with Gasteiger partial charge in [-0.05, 0) is 25.0 Å². The third kappa shape index (κ3) is 3.18. The van der Waals surface area contributed by atoms with Crippen molar-refractivity contribution in [2.75, 3.05) is 30.8 Å². The molecule has 2 aromatic heterocycles. The summed E-state index contributed by atoms with van der Waals surface area (Å²) in [5, 5.41) is 15.5. The van der Waals surface area contributed by atoms with Gasteiger partial charge in [0, 0.05) is 36.9 Å². The van der Waals surface area contributed by atoms with Crippen molar-refractivity contribution in [1.82, 2.24) is 9.97 Å². The predicted octanol–water partition coefficient (Wildman–Crippen LogP) is 2.52. The minimum atomic E-state index is -0.354. The van der Waals surface area contributed by atoms with Crippen LogP contribution in [0.3, 0.4) is 0 Å². The first-order valence-electron chi connectivity index (χ1n) is 7.11. The van der Waals surface area contributed by atoms with Crippen LogP contribution in [0, 0.1) is 16.7 Å². The van der Waals surface area contributed by atoms with Crippen LogP contribution in [0.15, 0.2) is 23.7 Å². The Balaban J connectivity index is 1.67. The summed E-state index contributed by atoms with van der Waals surface area (Å²) in [4.78, 5) is 8.62. The monoisotopic (exact) mass is 315 g/mol. The molecule has 3 N–H and O–H groups in total. The standard InChI is InChI=1S/C15H17N5OS/c16-9-15(3-5-21-6-4-15)10-19-14-20-12(8-22-14)11-1-2-13(17)18-7-11/h1-2,7-8H,3-6,10H2,(H2,17,18)(H,19,20). The van der Waals surface area contributed by atoms with Crippen molar-refractivity contribution >= 4 is 22.3 Å². The highest BCUT2D eigenvalue weighted by Gasteiger charge is 2.32. The molecule has 0 unspecified atom stereocenters. The summed E-state index contributed by atoms with van der Waals surface area (Å²) in [5.74, 6) is 0.493. The van der Waals surface area contributed by atoms with Gasteiger partial charge in [-0.2, -0.15) is 5.26 Å². The van der Waals surface area contributed by atoms with Gasteiger partial charge in [-0.1, -0.05) is 0 Å². The van der Waals surface area contributed by atoms with Gasteiger partial charge in [0.1, 0.15) is 5.82 Å². The number of rotatable bonds is 4. The number of hydrogen-bond acceptors (Lipinski definition) is 7. The summed E-state index contributed by atoms with van der Waals surface area (Å²) < 4.78 is 5.34. The molecule has 0 radical (unpaired) electrons. The minimum Gasteiger partial charge on any atom is -0.384 e. The third-order valence-electron chi connectivity index (χ3n) is 3.85. The molecule has 0 aliphatic carbocycles. The number of nitrogen functional groups attached to an aromatic ring is 1. The number of nitrogens with two attached hydrogens (primary N) is 1. The highest BCUT2D eigenvalue weighted by Crippen LogP contribution is 2.31. The quantitative estimate of drug-likeness (QED) is 0.900. The number of aromatic nitrogens is 2. The molecule has 0 saturated carbocycles. The second-order valence-electron chi connectivity index (χ2n) is 5.37. The lowest BCUT2D eigenvalue weighted by Gasteiger charge is -2.30. The Morgan fingerprint density at radius 1 is 1.41 bits per heavy atom. The molecular weight excluding hydrogens is 298 g/mol. The van der Waals surface area contributed by atoms with E-state index in [9.17, 15) is 5.26 Å². The molecule has 3 rings (SSSR count). The zero-order valence-electron chi connectivity index (χ0n) is 12.1. The maximum atomic E-state index is 9.45. The van der Waals surface area contributed by atoms with Crippen molar-refractivity contribution in [2.24, 2.45) is 5.41 Å². The second-order valence-corrected chi connectivity index (χ2v) is 6.23. The maximum absolute atomic E-state index is 9.45. The molecular formula is C15H17N5OS. The van der Waals surface area contributed by atoms with E-state index >= 15 is 0 Å². The van der Waals surface area contributed by atoms with Gasteiger partial charge in [0.2, 0.25) is 0 Å². The third-order valence-corrected chi connectivity index (χ3v) is 4.65. The Kier molecular flexibility index (Phi) is 4.22. The van der Waals surface area contributed by atoms with Crippen molar-refractivity contribution in [3.05, 3.63) is 23.7 Å². The van der Waals surface area contributed by atoms with Crippen LogP contribution < -0.4 is 11.1 Å². The molecule has 6 nitrogen and oxygen atoms in total.